The summed E-state index contributed by atoms with van der Waals surface area (Å²) in [5, 5.41) is 0. The second kappa shape index (κ2) is 4.83. The summed E-state index contributed by atoms with van der Waals surface area (Å²) in [7, 11) is 0. The normalized spacial score (nSPS) is 21.2. The van der Waals surface area contributed by atoms with Crippen LogP contribution in [0.25, 0.3) is 0 Å². The first-order chi connectivity index (χ1) is 9.56. The molecule has 2 atom stereocenters. The van der Waals surface area contributed by atoms with Crippen LogP contribution in [0.1, 0.15) is 29.7 Å². The average Bonchev–Trinajstić information content (AvgIpc) is 2.39. The quantitative estimate of drug-likeness (QED) is 0.865. The van der Waals surface area contributed by atoms with Crippen molar-refractivity contribution >= 4 is 0 Å². The predicted octanol–water partition coefficient (Wildman–Crippen LogP) is 3.63. The van der Waals surface area contributed by atoms with Gasteiger partial charge in [-0.3, -0.25) is 0 Å². The number of hydrogen-bond acceptors (Lipinski definition) is 2. The molecule has 0 amide bonds. The summed E-state index contributed by atoms with van der Waals surface area (Å²) >= 11 is 0. The zero-order valence-corrected chi connectivity index (χ0v) is 10.4. The van der Waals surface area contributed by atoms with Crippen LogP contribution < -0.4 is 10.5 Å². The van der Waals surface area contributed by atoms with Gasteiger partial charge in [-0.05, 0) is 30.3 Å². The molecule has 0 fully saturated rings. The maximum atomic E-state index is 13.8. The van der Waals surface area contributed by atoms with E-state index in [0.717, 1.165) is 0 Å². The van der Waals surface area contributed by atoms with E-state index in [0.29, 0.717) is 11.3 Å². The first-order valence-corrected chi connectivity index (χ1v) is 6.22. The topological polar surface area (TPSA) is 35.2 Å². The van der Waals surface area contributed by atoms with Gasteiger partial charge in [-0.25, -0.2) is 13.2 Å². The van der Waals surface area contributed by atoms with Crippen molar-refractivity contribution in [2.45, 2.75) is 18.6 Å². The fraction of sp³-hybridized carbons (Fsp3) is 0.200. The van der Waals surface area contributed by atoms with Crippen molar-refractivity contribution in [2.24, 2.45) is 5.73 Å². The van der Waals surface area contributed by atoms with Crippen LogP contribution in [0.3, 0.4) is 0 Å². The minimum Gasteiger partial charge on any atom is -0.485 e. The number of rotatable bonds is 1. The lowest BCUT2D eigenvalue weighted by molar-refractivity contribution is 0.152. The lowest BCUT2D eigenvalue weighted by atomic mass is 9.93. The Morgan fingerprint density at radius 2 is 1.75 bits per heavy atom. The van der Waals surface area contributed by atoms with E-state index in [1.165, 1.54) is 36.4 Å². The largest absolute Gasteiger partial charge is 0.485 e. The van der Waals surface area contributed by atoms with E-state index >= 15 is 0 Å². The van der Waals surface area contributed by atoms with Crippen LogP contribution in [0.15, 0.2) is 36.4 Å². The van der Waals surface area contributed by atoms with Gasteiger partial charge in [0, 0.05) is 18.0 Å². The summed E-state index contributed by atoms with van der Waals surface area (Å²) < 4.78 is 46.3. The number of nitrogens with two attached hydrogens (primary N) is 1. The van der Waals surface area contributed by atoms with Gasteiger partial charge in [0.05, 0.1) is 5.56 Å². The Hall–Kier alpha value is -2.01. The van der Waals surface area contributed by atoms with Crippen LogP contribution in [0.4, 0.5) is 13.2 Å². The highest BCUT2D eigenvalue weighted by atomic mass is 19.1. The lowest BCUT2D eigenvalue weighted by Gasteiger charge is -2.30. The van der Waals surface area contributed by atoms with E-state index in [1.807, 2.05) is 0 Å². The third kappa shape index (κ3) is 2.14. The monoisotopic (exact) mass is 279 g/mol. The lowest BCUT2D eigenvalue weighted by Crippen LogP contribution is -2.25. The molecule has 0 radical (unpaired) electrons. The molecule has 5 heteroatoms. The molecule has 0 saturated carbocycles. The summed E-state index contributed by atoms with van der Waals surface area (Å²) in [6.07, 6.45) is -0.627. The van der Waals surface area contributed by atoms with Gasteiger partial charge >= 0.3 is 0 Å². The number of hydrogen-bond donors (Lipinski definition) is 1. The van der Waals surface area contributed by atoms with Gasteiger partial charge in [0.1, 0.15) is 29.3 Å². The second-order valence-electron chi connectivity index (χ2n) is 4.77. The molecule has 0 bridgehead atoms. The van der Waals surface area contributed by atoms with Gasteiger partial charge in [0.2, 0.25) is 0 Å². The molecule has 2 N–H and O–H groups in total. The minimum absolute atomic E-state index is 0.141. The molecule has 104 valence electrons. The first kappa shape index (κ1) is 13.0. The van der Waals surface area contributed by atoms with Gasteiger partial charge in [0.15, 0.2) is 0 Å². The second-order valence-corrected chi connectivity index (χ2v) is 4.77. The molecular formula is C15H12F3NO. The molecule has 0 aliphatic carbocycles. The highest BCUT2D eigenvalue weighted by molar-refractivity contribution is 5.39. The van der Waals surface area contributed by atoms with Crippen LogP contribution in [-0.2, 0) is 0 Å². The molecule has 1 unspecified atom stereocenters. The van der Waals surface area contributed by atoms with E-state index in [9.17, 15) is 13.2 Å². The third-order valence-electron chi connectivity index (χ3n) is 3.43. The van der Waals surface area contributed by atoms with E-state index in [1.54, 1.807) is 0 Å². The van der Waals surface area contributed by atoms with Crippen molar-refractivity contribution in [2.75, 3.05) is 0 Å². The predicted molar refractivity (Wildman–Crippen MR) is 67.7 cm³/mol. The van der Waals surface area contributed by atoms with Crippen molar-refractivity contribution in [1.29, 1.82) is 0 Å². The molecular weight excluding hydrogens is 267 g/mol. The Labute approximate surface area is 114 Å². The molecule has 3 rings (SSSR count). The van der Waals surface area contributed by atoms with Gasteiger partial charge < -0.3 is 10.5 Å². The number of halogens is 3. The molecule has 2 nitrogen and oxygen atoms in total. The summed E-state index contributed by atoms with van der Waals surface area (Å²) in [6.45, 7) is 0. The van der Waals surface area contributed by atoms with Crippen LogP contribution in [-0.4, -0.2) is 0 Å². The summed E-state index contributed by atoms with van der Waals surface area (Å²) in [4.78, 5) is 0. The van der Waals surface area contributed by atoms with E-state index < -0.39 is 29.6 Å². The fourth-order valence-electron chi connectivity index (χ4n) is 2.47. The maximum absolute atomic E-state index is 13.8. The number of fused-ring (bicyclic) bond motifs is 1. The van der Waals surface area contributed by atoms with Gasteiger partial charge in [-0.1, -0.05) is 6.07 Å². The summed E-state index contributed by atoms with van der Waals surface area (Å²) in [6, 6.07) is 7.05. The van der Waals surface area contributed by atoms with Gasteiger partial charge in [0.25, 0.3) is 0 Å². The average molecular weight is 279 g/mol. The maximum Gasteiger partial charge on any atom is 0.133 e. The van der Waals surface area contributed by atoms with Gasteiger partial charge in [-0.2, -0.15) is 0 Å². The van der Waals surface area contributed by atoms with Gasteiger partial charge in [-0.15, -0.1) is 0 Å². The molecule has 1 aliphatic heterocycles. The molecule has 2 aromatic rings. The standard InChI is InChI=1S/C15H12F3NO/c16-8-4-5-13-9(6-8)12(19)7-14(20-13)15-10(17)2-1-3-11(15)18/h1-6,12,14H,7,19H2/t12-,14?/m1/s1. The first-order valence-electron chi connectivity index (χ1n) is 6.22. The van der Waals surface area contributed by atoms with E-state index in [-0.39, 0.29) is 12.0 Å². The van der Waals surface area contributed by atoms with Crippen molar-refractivity contribution in [3.63, 3.8) is 0 Å². The van der Waals surface area contributed by atoms with E-state index in [2.05, 4.69) is 0 Å². The van der Waals surface area contributed by atoms with Crippen molar-refractivity contribution < 1.29 is 17.9 Å². The smallest absolute Gasteiger partial charge is 0.133 e. The summed E-state index contributed by atoms with van der Waals surface area (Å²) in [5.41, 5.74) is 6.32. The van der Waals surface area contributed by atoms with Crippen LogP contribution in [0, 0.1) is 17.5 Å². The highest BCUT2D eigenvalue weighted by Crippen LogP contribution is 2.41. The SMILES string of the molecule is N[C@@H]1CC(c2c(F)cccc2F)Oc2ccc(F)cc21. The molecule has 0 saturated heterocycles. The Kier molecular flexibility index (Phi) is 3.14. The zero-order chi connectivity index (χ0) is 14.3. The fourth-order valence-corrected chi connectivity index (χ4v) is 2.47. The van der Waals surface area contributed by atoms with Crippen molar-refractivity contribution in [3.8, 4) is 5.75 Å². The van der Waals surface area contributed by atoms with Crippen LogP contribution >= 0.6 is 0 Å². The Morgan fingerprint density at radius 1 is 1.05 bits per heavy atom. The molecule has 2 aromatic carbocycles. The molecule has 1 heterocycles. The Morgan fingerprint density at radius 3 is 2.45 bits per heavy atom. The number of ether oxygens (including phenoxy) is 1. The Balaban J connectivity index is 2.01. The van der Waals surface area contributed by atoms with Crippen molar-refractivity contribution in [1.82, 2.24) is 0 Å². The highest BCUT2D eigenvalue weighted by Gasteiger charge is 2.31. The molecule has 0 spiro atoms. The Bertz CT molecular complexity index is 639. The third-order valence-corrected chi connectivity index (χ3v) is 3.43. The van der Waals surface area contributed by atoms with E-state index in [4.69, 9.17) is 10.5 Å². The minimum atomic E-state index is -0.816. The van der Waals surface area contributed by atoms with Crippen LogP contribution in [0.5, 0.6) is 5.75 Å². The molecule has 0 aromatic heterocycles. The summed E-state index contributed by atoms with van der Waals surface area (Å²) in [5.74, 6) is -1.41. The van der Waals surface area contributed by atoms with Crippen LogP contribution in [0.2, 0.25) is 0 Å². The van der Waals surface area contributed by atoms with Crippen molar-refractivity contribution in [3.05, 3.63) is 65.0 Å². The molecule has 20 heavy (non-hydrogen) atoms. The number of benzene rings is 2. The zero-order valence-electron chi connectivity index (χ0n) is 10.4. The molecule has 1 aliphatic rings.